The van der Waals surface area contributed by atoms with Gasteiger partial charge in [-0.3, -0.25) is 9.59 Å². The smallest absolute Gasteiger partial charge is 0.141 e. The van der Waals surface area contributed by atoms with Crippen molar-refractivity contribution in [1.29, 1.82) is 0 Å². The molecule has 0 saturated carbocycles. The van der Waals surface area contributed by atoms with Gasteiger partial charge in [0.25, 0.3) is 0 Å². The molecule has 0 aromatic heterocycles. The molecule has 0 rings (SSSR count). The summed E-state index contributed by atoms with van der Waals surface area (Å²) in [5, 5.41) is 0. The molecule has 1 atom stereocenters. The summed E-state index contributed by atoms with van der Waals surface area (Å²) in [5.74, 6) is 0.215. The van der Waals surface area contributed by atoms with Crippen molar-refractivity contribution in [3.63, 3.8) is 0 Å². The third-order valence-corrected chi connectivity index (χ3v) is 2.11. The van der Waals surface area contributed by atoms with Crippen LogP contribution in [0.15, 0.2) is 0 Å². The van der Waals surface area contributed by atoms with Crippen LogP contribution >= 0.6 is 0 Å². The fourth-order valence-corrected chi connectivity index (χ4v) is 1.32. The minimum atomic E-state index is -0.326. The Kier molecular flexibility index (Phi) is 4.31. The number of hydrogen-bond acceptors (Lipinski definition) is 2. The van der Waals surface area contributed by atoms with Crippen LogP contribution in [0.4, 0.5) is 0 Å². The fourth-order valence-electron chi connectivity index (χ4n) is 1.32. The van der Waals surface area contributed by atoms with E-state index >= 15 is 0 Å². The van der Waals surface area contributed by atoms with Crippen molar-refractivity contribution < 1.29 is 9.59 Å². The number of Topliss-reactive ketones (excluding diaryl/α,β-unsaturated/α-hetero) is 2. The zero-order chi connectivity index (χ0) is 10.6. The van der Waals surface area contributed by atoms with E-state index in [2.05, 4.69) is 0 Å². The van der Waals surface area contributed by atoms with Crippen LogP contribution in [0.1, 0.15) is 47.5 Å². The standard InChI is InChI=1S/C11H20O2/c1-6-9(12)7-8(2)10(13)11(3,4)5/h8H,6-7H2,1-5H3. The van der Waals surface area contributed by atoms with E-state index in [0.29, 0.717) is 12.8 Å². The number of rotatable bonds is 4. The zero-order valence-electron chi connectivity index (χ0n) is 9.31. The lowest BCUT2D eigenvalue weighted by molar-refractivity contribution is -0.132. The molecular weight excluding hydrogens is 164 g/mol. The third-order valence-electron chi connectivity index (χ3n) is 2.11. The Hall–Kier alpha value is -0.660. The molecule has 0 radical (unpaired) electrons. The Morgan fingerprint density at radius 2 is 1.69 bits per heavy atom. The number of ketones is 2. The van der Waals surface area contributed by atoms with Gasteiger partial charge >= 0.3 is 0 Å². The van der Waals surface area contributed by atoms with E-state index in [1.54, 1.807) is 0 Å². The highest BCUT2D eigenvalue weighted by atomic mass is 16.1. The summed E-state index contributed by atoms with van der Waals surface area (Å²) in [6, 6.07) is 0. The topological polar surface area (TPSA) is 34.1 Å². The Bertz CT molecular complexity index is 199. The number of hydrogen-bond donors (Lipinski definition) is 0. The highest BCUT2D eigenvalue weighted by Crippen LogP contribution is 2.22. The quantitative estimate of drug-likeness (QED) is 0.673. The molecule has 1 unspecified atom stereocenters. The van der Waals surface area contributed by atoms with Crippen LogP contribution in [0.25, 0.3) is 0 Å². The first-order valence-electron chi connectivity index (χ1n) is 4.85. The third kappa shape index (κ3) is 4.20. The molecule has 2 heteroatoms. The van der Waals surface area contributed by atoms with E-state index in [-0.39, 0.29) is 22.9 Å². The van der Waals surface area contributed by atoms with Gasteiger partial charge in [0.1, 0.15) is 11.6 Å². The normalized spacial score (nSPS) is 13.9. The second-order valence-electron chi connectivity index (χ2n) is 4.61. The summed E-state index contributed by atoms with van der Waals surface area (Å²) in [6.45, 7) is 9.34. The number of carbonyl (C=O) groups excluding carboxylic acids is 2. The highest BCUT2D eigenvalue weighted by Gasteiger charge is 2.27. The van der Waals surface area contributed by atoms with Gasteiger partial charge in [0.2, 0.25) is 0 Å². The van der Waals surface area contributed by atoms with Gasteiger partial charge in [-0.25, -0.2) is 0 Å². The van der Waals surface area contributed by atoms with Crippen molar-refractivity contribution >= 4 is 11.6 Å². The number of carbonyl (C=O) groups is 2. The summed E-state index contributed by atoms with van der Waals surface area (Å²) in [5.41, 5.74) is -0.326. The van der Waals surface area contributed by atoms with E-state index in [1.165, 1.54) is 0 Å². The average Bonchev–Trinajstić information content (AvgIpc) is 2.01. The lowest BCUT2D eigenvalue weighted by atomic mass is 9.82. The molecule has 0 aromatic rings. The van der Waals surface area contributed by atoms with Crippen molar-refractivity contribution in [2.45, 2.75) is 47.5 Å². The second kappa shape index (κ2) is 4.54. The van der Waals surface area contributed by atoms with Crippen LogP contribution in [0, 0.1) is 11.3 Å². The van der Waals surface area contributed by atoms with Crippen molar-refractivity contribution in [3.05, 3.63) is 0 Å². The van der Waals surface area contributed by atoms with Gasteiger partial charge in [0.15, 0.2) is 0 Å². The van der Waals surface area contributed by atoms with Gasteiger partial charge in [-0.05, 0) is 0 Å². The summed E-state index contributed by atoms with van der Waals surface area (Å²) in [7, 11) is 0. The molecule has 0 fully saturated rings. The lowest BCUT2D eigenvalue weighted by Crippen LogP contribution is -2.28. The molecular formula is C11H20O2. The summed E-state index contributed by atoms with van der Waals surface area (Å²) in [4.78, 5) is 22.8. The maximum Gasteiger partial charge on any atom is 0.141 e. The SMILES string of the molecule is CCC(=O)CC(C)C(=O)C(C)(C)C. The molecule has 76 valence electrons. The lowest BCUT2D eigenvalue weighted by Gasteiger charge is -2.21. The molecule has 13 heavy (non-hydrogen) atoms. The zero-order valence-corrected chi connectivity index (χ0v) is 9.31. The van der Waals surface area contributed by atoms with Crippen LogP contribution < -0.4 is 0 Å². The fraction of sp³-hybridized carbons (Fsp3) is 0.818. The molecule has 2 nitrogen and oxygen atoms in total. The molecule has 0 heterocycles. The Labute approximate surface area is 80.7 Å². The van der Waals surface area contributed by atoms with E-state index in [9.17, 15) is 9.59 Å². The molecule has 0 aliphatic heterocycles. The molecule has 0 amide bonds. The average molecular weight is 184 g/mol. The largest absolute Gasteiger partial charge is 0.300 e. The van der Waals surface area contributed by atoms with Gasteiger partial charge in [-0.1, -0.05) is 34.6 Å². The summed E-state index contributed by atoms with van der Waals surface area (Å²) in [6.07, 6.45) is 0.925. The summed E-state index contributed by atoms with van der Waals surface area (Å²) < 4.78 is 0. The Balaban J connectivity index is 4.20. The van der Waals surface area contributed by atoms with Gasteiger partial charge in [-0.15, -0.1) is 0 Å². The van der Waals surface area contributed by atoms with Gasteiger partial charge in [0.05, 0.1) is 0 Å². The van der Waals surface area contributed by atoms with Crippen LogP contribution in [0.5, 0.6) is 0 Å². The summed E-state index contributed by atoms with van der Waals surface area (Å²) >= 11 is 0. The van der Waals surface area contributed by atoms with Crippen molar-refractivity contribution in [2.75, 3.05) is 0 Å². The first-order valence-corrected chi connectivity index (χ1v) is 4.85. The van der Waals surface area contributed by atoms with Crippen LogP contribution in [0.3, 0.4) is 0 Å². The van der Waals surface area contributed by atoms with Gasteiger partial charge < -0.3 is 0 Å². The Morgan fingerprint density at radius 3 is 2.00 bits per heavy atom. The van der Waals surface area contributed by atoms with Crippen LogP contribution in [-0.2, 0) is 9.59 Å². The predicted octanol–water partition coefficient (Wildman–Crippen LogP) is 2.61. The van der Waals surface area contributed by atoms with Crippen LogP contribution in [0.2, 0.25) is 0 Å². The van der Waals surface area contributed by atoms with E-state index in [0.717, 1.165) is 0 Å². The molecule has 0 aliphatic rings. The monoisotopic (exact) mass is 184 g/mol. The second-order valence-corrected chi connectivity index (χ2v) is 4.61. The maximum atomic E-state index is 11.7. The van der Waals surface area contributed by atoms with Gasteiger partial charge in [0, 0.05) is 24.2 Å². The molecule has 0 spiro atoms. The Morgan fingerprint density at radius 1 is 1.23 bits per heavy atom. The van der Waals surface area contributed by atoms with Crippen molar-refractivity contribution in [3.8, 4) is 0 Å². The minimum absolute atomic E-state index is 0.132. The van der Waals surface area contributed by atoms with E-state index in [1.807, 2.05) is 34.6 Å². The molecule has 0 aliphatic carbocycles. The maximum absolute atomic E-state index is 11.7. The first-order chi connectivity index (χ1) is 5.79. The van der Waals surface area contributed by atoms with Gasteiger partial charge in [-0.2, -0.15) is 0 Å². The van der Waals surface area contributed by atoms with E-state index < -0.39 is 0 Å². The van der Waals surface area contributed by atoms with E-state index in [4.69, 9.17) is 0 Å². The molecule has 0 bridgehead atoms. The molecule has 0 N–H and O–H groups in total. The first kappa shape index (κ1) is 12.3. The minimum Gasteiger partial charge on any atom is -0.300 e. The van der Waals surface area contributed by atoms with Crippen LogP contribution in [-0.4, -0.2) is 11.6 Å². The molecule has 0 aromatic carbocycles. The van der Waals surface area contributed by atoms with Crippen molar-refractivity contribution in [1.82, 2.24) is 0 Å². The highest BCUT2D eigenvalue weighted by molar-refractivity contribution is 5.90. The van der Waals surface area contributed by atoms with Crippen molar-refractivity contribution in [2.24, 2.45) is 11.3 Å². The predicted molar refractivity (Wildman–Crippen MR) is 53.5 cm³/mol. The molecule has 0 saturated heterocycles.